The summed E-state index contributed by atoms with van der Waals surface area (Å²) in [5.74, 6) is 0.303. The second-order valence-corrected chi connectivity index (χ2v) is 5.53. The van der Waals surface area contributed by atoms with Crippen LogP contribution in [-0.4, -0.2) is 36.7 Å². The molecule has 106 valence electrons. The van der Waals surface area contributed by atoms with Crippen molar-refractivity contribution in [2.75, 3.05) is 26.7 Å². The van der Waals surface area contributed by atoms with Crippen LogP contribution in [0.5, 0.6) is 5.75 Å². The van der Waals surface area contributed by atoms with Gasteiger partial charge in [-0.15, -0.1) is 0 Å². The van der Waals surface area contributed by atoms with Gasteiger partial charge in [-0.25, -0.2) is 4.39 Å². The van der Waals surface area contributed by atoms with E-state index < -0.39 is 5.82 Å². The lowest BCUT2D eigenvalue weighted by molar-refractivity contribution is 0.196. The lowest BCUT2D eigenvalue weighted by atomic mass is 9.97. The van der Waals surface area contributed by atoms with E-state index in [0.29, 0.717) is 5.92 Å². The van der Waals surface area contributed by atoms with Gasteiger partial charge in [-0.2, -0.15) is 0 Å². The zero-order valence-corrected chi connectivity index (χ0v) is 11.7. The highest BCUT2D eigenvalue weighted by molar-refractivity contribution is 5.34. The second-order valence-electron chi connectivity index (χ2n) is 5.53. The molecule has 3 nitrogen and oxygen atoms in total. The summed E-state index contributed by atoms with van der Waals surface area (Å²) in [4.78, 5) is 2.23. The van der Waals surface area contributed by atoms with Crippen LogP contribution in [0.25, 0.3) is 0 Å². The van der Waals surface area contributed by atoms with Gasteiger partial charge in [-0.05, 0) is 51.9 Å². The normalized spacial score (nSPS) is 21.6. The molecular formula is C15H23FN2O. The first kappa shape index (κ1) is 14.3. The Morgan fingerprint density at radius 3 is 2.95 bits per heavy atom. The monoisotopic (exact) mass is 266 g/mol. The fourth-order valence-corrected chi connectivity index (χ4v) is 2.75. The Bertz CT molecular complexity index is 419. The Hall–Kier alpha value is -1.13. The number of piperidine rings is 1. The molecule has 1 aromatic carbocycles. The summed E-state index contributed by atoms with van der Waals surface area (Å²) in [5, 5.41) is 13.2. The largest absolute Gasteiger partial charge is 0.508 e. The van der Waals surface area contributed by atoms with Gasteiger partial charge in [0, 0.05) is 24.2 Å². The number of halogens is 1. The number of nitrogens with zero attached hydrogens (tertiary/aromatic N) is 1. The number of nitrogens with one attached hydrogen (secondary N) is 1. The van der Waals surface area contributed by atoms with Crippen LogP contribution in [0.3, 0.4) is 0 Å². The van der Waals surface area contributed by atoms with Crippen LogP contribution < -0.4 is 5.32 Å². The summed E-state index contributed by atoms with van der Waals surface area (Å²) in [7, 11) is 2.06. The molecule has 2 unspecified atom stereocenters. The molecule has 1 aliphatic rings. The summed E-state index contributed by atoms with van der Waals surface area (Å²) >= 11 is 0. The molecular weight excluding hydrogens is 243 g/mol. The SMILES string of the molecule is CC(c1ccc(F)cc1O)N(C)CC1CCCNC1. The number of hydrogen-bond acceptors (Lipinski definition) is 3. The van der Waals surface area contributed by atoms with Crippen molar-refractivity contribution in [3.05, 3.63) is 29.6 Å². The van der Waals surface area contributed by atoms with Crippen LogP contribution in [0.15, 0.2) is 18.2 Å². The van der Waals surface area contributed by atoms with Crippen LogP contribution in [-0.2, 0) is 0 Å². The van der Waals surface area contributed by atoms with Gasteiger partial charge in [-0.1, -0.05) is 6.07 Å². The minimum atomic E-state index is -0.396. The van der Waals surface area contributed by atoms with E-state index in [0.717, 1.165) is 25.2 Å². The third kappa shape index (κ3) is 3.67. The van der Waals surface area contributed by atoms with Crippen molar-refractivity contribution in [2.24, 2.45) is 5.92 Å². The van der Waals surface area contributed by atoms with E-state index in [1.807, 2.05) is 6.92 Å². The van der Waals surface area contributed by atoms with Crippen LogP contribution in [0.4, 0.5) is 4.39 Å². The van der Waals surface area contributed by atoms with Gasteiger partial charge in [0.1, 0.15) is 11.6 Å². The van der Waals surface area contributed by atoms with E-state index in [4.69, 9.17) is 0 Å². The smallest absolute Gasteiger partial charge is 0.126 e. The number of aromatic hydroxyl groups is 1. The van der Waals surface area contributed by atoms with Crippen LogP contribution in [0.2, 0.25) is 0 Å². The van der Waals surface area contributed by atoms with Crippen LogP contribution in [0.1, 0.15) is 31.4 Å². The highest BCUT2D eigenvalue weighted by atomic mass is 19.1. The average molecular weight is 266 g/mol. The van der Waals surface area contributed by atoms with Gasteiger partial charge in [0.25, 0.3) is 0 Å². The molecule has 2 N–H and O–H groups in total. The Kier molecular flexibility index (Phi) is 4.77. The second kappa shape index (κ2) is 6.35. The van der Waals surface area contributed by atoms with Crippen LogP contribution in [0, 0.1) is 11.7 Å². The molecule has 1 aliphatic heterocycles. The van der Waals surface area contributed by atoms with Crippen molar-refractivity contribution in [3.8, 4) is 5.75 Å². The zero-order chi connectivity index (χ0) is 13.8. The molecule has 0 saturated carbocycles. The van der Waals surface area contributed by atoms with Gasteiger partial charge in [-0.3, -0.25) is 4.90 Å². The number of benzene rings is 1. The number of hydrogen-bond donors (Lipinski definition) is 2. The molecule has 1 heterocycles. The average Bonchev–Trinajstić information content (AvgIpc) is 2.39. The number of rotatable bonds is 4. The van der Waals surface area contributed by atoms with E-state index in [2.05, 4.69) is 17.3 Å². The van der Waals surface area contributed by atoms with Crippen LogP contribution >= 0.6 is 0 Å². The fraction of sp³-hybridized carbons (Fsp3) is 0.600. The van der Waals surface area contributed by atoms with Gasteiger partial charge in [0.05, 0.1) is 0 Å². The molecule has 19 heavy (non-hydrogen) atoms. The minimum absolute atomic E-state index is 0.0427. The molecule has 0 aliphatic carbocycles. The summed E-state index contributed by atoms with van der Waals surface area (Å²) in [6.07, 6.45) is 2.48. The van der Waals surface area contributed by atoms with E-state index in [1.165, 1.54) is 25.0 Å². The summed E-state index contributed by atoms with van der Waals surface area (Å²) in [6.45, 7) is 5.22. The topological polar surface area (TPSA) is 35.5 Å². The van der Waals surface area contributed by atoms with Crippen molar-refractivity contribution in [2.45, 2.75) is 25.8 Å². The molecule has 1 saturated heterocycles. The fourth-order valence-electron chi connectivity index (χ4n) is 2.75. The Morgan fingerprint density at radius 2 is 2.32 bits per heavy atom. The van der Waals surface area contributed by atoms with E-state index in [1.54, 1.807) is 6.07 Å². The van der Waals surface area contributed by atoms with E-state index in [9.17, 15) is 9.50 Å². The summed E-state index contributed by atoms with van der Waals surface area (Å²) in [6, 6.07) is 4.34. The quantitative estimate of drug-likeness (QED) is 0.879. The predicted octanol–water partition coefficient (Wildman–Crippen LogP) is 2.52. The standard InChI is InChI=1S/C15H23FN2O/c1-11(14-6-5-13(16)8-15(14)19)18(2)10-12-4-3-7-17-9-12/h5-6,8,11-12,17,19H,3-4,7,9-10H2,1-2H3. The molecule has 0 bridgehead atoms. The van der Waals surface area contributed by atoms with Crippen molar-refractivity contribution < 1.29 is 9.50 Å². The third-order valence-corrected chi connectivity index (χ3v) is 4.05. The van der Waals surface area contributed by atoms with E-state index >= 15 is 0 Å². The maximum atomic E-state index is 13.0. The zero-order valence-electron chi connectivity index (χ0n) is 11.7. The maximum Gasteiger partial charge on any atom is 0.126 e. The Morgan fingerprint density at radius 1 is 1.53 bits per heavy atom. The number of phenols is 1. The molecule has 1 aromatic rings. The summed E-state index contributed by atoms with van der Waals surface area (Å²) in [5.41, 5.74) is 0.785. The van der Waals surface area contributed by atoms with Crippen molar-refractivity contribution in [1.29, 1.82) is 0 Å². The lowest BCUT2D eigenvalue weighted by Gasteiger charge is -2.31. The molecule has 1 fully saturated rings. The third-order valence-electron chi connectivity index (χ3n) is 4.05. The van der Waals surface area contributed by atoms with E-state index in [-0.39, 0.29) is 11.8 Å². The Labute approximate surface area is 114 Å². The molecule has 2 atom stereocenters. The first-order valence-corrected chi connectivity index (χ1v) is 6.97. The van der Waals surface area contributed by atoms with Gasteiger partial charge < -0.3 is 10.4 Å². The van der Waals surface area contributed by atoms with Crippen molar-refractivity contribution >= 4 is 0 Å². The summed E-state index contributed by atoms with van der Waals surface area (Å²) < 4.78 is 13.0. The first-order valence-electron chi connectivity index (χ1n) is 6.97. The molecule has 2 rings (SSSR count). The number of phenolic OH excluding ortho intramolecular Hbond substituents is 1. The highest BCUT2D eigenvalue weighted by Gasteiger charge is 2.20. The Balaban J connectivity index is 1.99. The highest BCUT2D eigenvalue weighted by Crippen LogP contribution is 2.29. The molecule has 4 heteroatoms. The molecule has 0 spiro atoms. The minimum Gasteiger partial charge on any atom is -0.508 e. The van der Waals surface area contributed by atoms with Crippen molar-refractivity contribution in [3.63, 3.8) is 0 Å². The maximum absolute atomic E-state index is 13.0. The van der Waals surface area contributed by atoms with Gasteiger partial charge in [0.2, 0.25) is 0 Å². The van der Waals surface area contributed by atoms with Crippen molar-refractivity contribution in [1.82, 2.24) is 10.2 Å². The molecule has 0 radical (unpaired) electrons. The first-order chi connectivity index (χ1) is 9.08. The van der Waals surface area contributed by atoms with Gasteiger partial charge >= 0.3 is 0 Å². The van der Waals surface area contributed by atoms with Gasteiger partial charge in [0.15, 0.2) is 0 Å². The molecule has 0 amide bonds. The predicted molar refractivity (Wildman–Crippen MR) is 74.7 cm³/mol. The molecule has 0 aromatic heterocycles. The lowest BCUT2D eigenvalue weighted by Crippen LogP contribution is -2.37.